The molecular formula is C44H2Br8F20N4. The number of rotatable bonds is 4. The van der Waals surface area contributed by atoms with Crippen molar-refractivity contribution in [2.24, 2.45) is 0 Å². The summed E-state index contributed by atoms with van der Waals surface area (Å²) in [5, 5.41) is 0. The molecule has 394 valence electrons. The van der Waals surface area contributed by atoms with Crippen molar-refractivity contribution in [2.75, 3.05) is 0 Å². The maximum absolute atomic E-state index is 17.0. The van der Waals surface area contributed by atoms with Gasteiger partial charge in [-0.2, -0.15) is 0 Å². The van der Waals surface area contributed by atoms with Crippen molar-refractivity contribution in [1.82, 2.24) is 18.1 Å². The minimum atomic E-state index is -3.13. The van der Waals surface area contributed by atoms with E-state index in [-0.39, 0.29) is 45.2 Å². The average molecular weight is 1610 g/mol. The summed E-state index contributed by atoms with van der Waals surface area (Å²) in [6, 6.07) is 0.767. The normalized spacial score (nSPS) is 12.8. The Balaban J connectivity index is 1.83. The third-order valence-corrected chi connectivity index (χ3v) is 18.4. The van der Waals surface area contributed by atoms with Crippen molar-refractivity contribution < 1.29 is 87.8 Å². The SMILES string of the molecule is Fc1c(F)c(F)c(C2=Cc3cc4c(Br)c(Br)c(c(Br)c5nc(c(Br)c6c(Br)c(-c7c(F)c(F)c(F)c(F)c7F)c(c(-c7c(F)c(F)c(F)c(F)c7F)c2n3)n6-c2c(F)c(F)c(F)c(F)c2F)C(Br)=C5Br)n4Br)c(F)c1F. The highest BCUT2D eigenvalue weighted by molar-refractivity contribution is 9.18. The molecule has 0 saturated carbocycles. The van der Waals surface area contributed by atoms with Crippen LogP contribution in [0.25, 0.3) is 70.6 Å². The van der Waals surface area contributed by atoms with Crippen molar-refractivity contribution in [3.63, 3.8) is 0 Å². The Kier molecular flexibility index (Phi) is 14.8. The van der Waals surface area contributed by atoms with E-state index < -0.39 is 197 Å². The minimum Gasteiger partial charge on any atom is -0.301 e. The first-order valence-corrected chi connectivity index (χ1v) is 25.4. The molecule has 2 aliphatic rings. The molecule has 5 heterocycles. The summed E-state index contributed by atoms with van der Waals surface area (Å²) in [7, 11) is 0. The van der Waals surface area contributed by atoms with E-state index in [9.17, 15) is 13.2 Å². The van der Waals surface area contributed by atoms with Crippen molar-refractivity contribution >= 4 is 170 Å². The summed E-state index contributed by atoms with van der Waals surface area (Å²) in [6.45, 7) is 0. The summed E-state index contributed by atoms with van der Waals surface area (Å²) < 4.78 is 315. The Morgan fingerprint density at radius 1 is 0.316 bits per heavy atom. The molecule has 0 N–H and O–H groups in total. The molecule has 2 aliphatic heterocycles. The molecule has 3 aromatic heterocycles. The highest BCUT2D eigenvalue weighted by atomic mass is 79.9. The molecule has 0 radical (unpaired) electrons. The lowest BCUT2D eigenvalue weighted by Crippen LogP contribution is -2.12. The number of nitrogens with zero attached hydrogens (tertiary/aromatic N) is 4. The van der Waals surface area contributed by atoms with Gasteiger partial charge in [0.05, 0.1) is 109 Å². The molecule has 4 aromatic carbocycles. The van der Waals surface area contributed by atoms with Gasteiger partial charge in [0.1, 0.15) is 5.69 Å². The van der Waals surface area contributed by atoms with Gasteiger partial charge in [-0.15, -0.1) is 0 Å². The topological polar surface area (TPSA) is 35.6 Å². The van der Waals surface area contributed by atoms with Gasteiger partial charge in [0, 0.05) is 16.7 Å². The molecule has 0 unspecified atom stereocenters. The highest BCUT2D eigenvalue weighted by Crippen LogP contribution is 2.55. The summed E-state index contributed by atoms with van der Waals surface area (Å²) >= 11 is 25.3. The van der Waals surface area contributed by atoms with Crippen LogP contribution in [0.3, 0.4) is 0 Å². The van der Waals surface area contributed by atoms with E-state index in [0.717, 1.165) is 9.66 Å². The Bertz CT molecular complexity index is 4060. The van der Waals surface area contributed by atoms with E-state index in [1.165, 1.54) is 0 Å². The summed E-state index contributed by atoms with van der Waals surface area (Å²) in [6.07, 6.45) is 0.261. The maximum Gasteiger partial charge on any atom is 0.200 e. The number of benzene rings is 4. The van der Waals surface area contributed by atoms with Crippen molar-refractivity contribution in [3.05, 3.63) is 173 Å². The first kappa shape index (κ1) is 56.6. The standard InChI is InChI=1S/C44H2Br8F20N4/c45-11-5-2-3-1-4(6-18(53)24(59)30(65)25(60)19(6)54)38(73-3)10(9-22(57)28(63)32(67)29(64)23(9)58)41-7(8-20(55)26(61)31(66)27(62)21(8)56)12(46)42(75(41)44-36(71)34(69)33(68)35(70)37(44)72)16(50)39-13(47)14(48)40(74-39)17(51)43(15(11)49)76(5)52/h1-2H. The summed E-state index contributed by atoms with van der Waals surface area (Å²) in [5.41, 5.74) is -24.1. The van der Waals surface area contributed by atoms with Crippen LogP contribution < -0.4 is 0 Å². The van der Waals surface area contributed by atoms with Crippen LogP contribution >= 0.6 is 128 Å². The summed E-state index contributed by atoms with van der Waals surface area (Å²) in [4.78, 5) is 8.37. The summed E-state index contributed by atoms with van der Waals surface area (Å²) in [5.74, 6) is -60.0. The highest BCUT2D eigenvalue weighted by Gasteiger charge is 2.41. The lowest BCUT2D eigenvalue weighted by molar-refractivity contribution is 0.376. The number of fused-ring (bicyclic) bond motifs is 8. The number of hydrogen-bond acceptors (Lipinski definition) is 2. The van der Waals surface area contributed by atoms with Crippen molar-refractivity contribution in [2.45, 2.75) is 0 Å². The lowest BCUT2D eigenvalue weighted by Gasteiger charge is -2.19. The fraction of sp³-hybridized carbons (Fsp3) is 0. The monoisotopic (exact) mass is 1600 g/mol. The fourth-order valence-corrected chi connectivity index (χ4v) is 14.3. The second-order valence-corrected chi connectivity index (χ2v) is 21.4. The first-order chi connectivity index (χ1) is 35.4. The lowest BCUT2D eigenvalue weighted by atomic mass is 9.91. The second kappa shape index (κ2) is 19.9. The van der Waals surface area contributed by atoms with E-state index in [2.05, 4.69) is 138 Å². The van der Waals surface area contributed by atoms with Gasteiger partial charge >= 0.3 is 0 Å². The second-order valence-electron chi connectivity index (χ2n) is 15.1. The van der Waals surface area contributed by atoms with Crippen LogP contribution in [0.5, 0.6) is 0 Å². The largest absolute Gasteiger partial charge is 0.301 e. The van der Waals surface area contributed by atoms with E-state index in [4.69, 9.17) is 0 Å². The molecule has 0 fully saturated rings. The molecular weight excluding hydrogens is 1600 g/mol. The van der Waals surface area contributed by atoms with Gasteiger partial charge in [-0.1, -0.05) is 0 Å². The van der Waals surface area contributed by atoms with Crippen LogP contribution in [-0.4, -0.2) is 18.1 Å². The molecule has 0 spiro atoms. The number of hydrogen-bond donors (Lipinski definition) is 0. The molecule has 76 heavy (non-hydrogen) atoms. The first-order valence-electron chi connectivity index (χ1n) is 19.2. The molecule has 0 saturated heterocycles. The molecule has 0 amide bonds. The Morgan fingerprint density at radius 2 is 0.671 bits per heavy atom. The zero-order chi connectivity index (χ0) is 56.2. The van der Waals surface area contributed by atoms with Gasteiger partial charge in [-0.25, -0.2) is 97.8 Å². The van der Waals surface area contributed by atoms with Crippen LogP contribution in [0.4, 0.5) is 87.8 Å². The van der Waals surface area contributed by atoms with Crippen LogP contribution in [0.2, 0.25) is 0 Å². The molecule has 7 aromatic rings. The number of halogens is 28. The minimum absolute atomic E-state index is 0.0301. The van der Waals surface area contributed by atoms with Crippen molar-refractivity contribution in [1.29, 1.82) is 0 Å². The van der Waals surface area contributed by atoms with Gasteiger partial charge in [-0.3, -0.25) is 3.59 Å². The molecule has 32 heteroatoms. The van der Waals surface area contributed by atoms with Gasteiger partial charge in [0.15, 0.2) is 93.1 Å². The van der Waals surface area contributed by atoms with E-state index in [1.54, 1.807) is 0 Å². The Labute approximate surface area is 473 Å². The van der Waals surface area contributed by atoms with Crippen molar-refractivity contribution in [3.8, 4) is 27.9 Å². The van der Waals surface area contributed by atoms with Crippen LogP contribution in [-0.2, 0) is 0 Å². The van der Waals surface area contributed by atoms with E-state index >= 15 is 74.6 Å². The molecule has 0 aliphatic carbocycles. The quantitative estimate of drug-likeness (QED) is 0.100. The van der Waals surface area contributed by atoms with Gasteiger partial charge in [0.2, 0.25) is 23.3 Å². The number of aromatic nitrogens is 4. The van der Waals surface area contributed by atoms with Crippen LogP contribution in [0, 0.1) is 116 Å². The van der Waals surface area contributed by atoms with Gasteiger partial charge in [0.25, 0.3) is 0 Å². The average Bonchev–Trinajstić information content (AvgIpc) is 4.18. The van der Waals surface area contributed by atoms with Crippen LogP contribution in [0.1, 0.15) is 28.3 Å². The third kappa shape index (κ3) is 7.99. The molecule has 4 nitrogen and oxygen atoms in total. The zero-order valence-electron chi connectivity index (χ0n) is 34.5. The predicted octanol–water partition coefficient (Wildman–Crippen LogP) is 19.5. The Hall–Kier alpha value is -4.08. The molecule has 0 atom stereocenters. The van der Waals surface area contributed by atoms with Gasteiger partial charge in [-0.05, 0) is 124 Å². The Morgan fingerprint density at radius 3 is 1.09 bits per heavy atom. The maximum atomic E-state index is 17.0. The van der Waals surface area contributed by atoms with Crippen LogP contribution in [0.15, 0.2) is 28.4 Å². The zero-order valence-corrected chi connectivity index (χ0v) is 47.2. The third-order valence-electron chi connectivity index (χ3n) is 11.2. The van der Waals surface area contributed by atoms with E-state index in [1.807, 2.05) is 0 Å². The van der Waals surface area contributed by atoms with E-state index in [0.29, 0.717) is 0 Å². The molecule has 9 rings (SSSR count). The predicted molar refractivity (Wildman–Crippen MR) is 261 cm³/mol. The van der Waals surface area contributed by atoms with Gasteiger partial charge < -0.3 is 4.57 Å². The molecule has 8 bridgehead atoms. The fourth-order valence-electron chi connectivity index (χ4n) is 7.83. The smallest absolute Gasteiger partial charge is 0.200 e.